The first-order chi connectivity index (χ1) is 7.79. The van der Waals surface area contributed by atoms with Gasteiger partial charge in [-0.2, -0.15) is 0 Å². The smallest absolute Gasteiger partial charge is 0.123 e. The van der Waals surface area contributed by atoms with Crippen LogP contribution in [0.5, 0.6) is 0 Å². The van der Waals surface area contributed by atoms with E-state index in [0.717, 1.165) is 19.3 Å². The van der Waals surface area contributed by atoms with Crippen molar-refractivity contribution in [3.8, 4) is 0 Å². The summed E-state index contributed by atoms with van der Waals surface area (Å²) in [7, 11) is 0. The minimum atomic E-state index is -0.166. The summed E-state index contributed by atoms with van der Waals surface area (Å²) in [6.45, 7) is 2.16. The van der Waals surface area contributed by atoms with Crippen LogP contribution in [0.15, 0.2) is 36.4 Å². The van der Waals surface area contributed by atoms with Crippen LogP contribution in [0.2, 0.25) is 0 Å². The van der Waals surface area contributed by atoms with Crippen molar-refractivity contribution in [3.63, 3.8) is 0 Å². The standard InChI is InChI=1S/C14H18FN/c1-2-14(16-13-5-3-4-6-13)11-7-9-12(15)10-8-11/h3-4,7-10,13-14,16H,2,5-6H2,1H3. The summed E-state index contributed by atoms with van der Waals surface area (Å²) in [5.41, 5.74) is 1.18. The van der Waals surface area contributed by atoms with Gasteiger partial charge in [-0.15, -0.1) is 0 Å². The molecular weight excluding hydrogens is 201 g/mol. The van der Waals surface area contributed by atoms with Gasteiger partial charge in [0, 0.05) is 12.1 Å². The molecule has 1 unspecified atom stereocenters. The van der Waals surface area contributed by atoms with Crippen LogP contribution in [0.1, 0.15) is 37.8 Å². The normalized spacial score (nSPS) is 17.9. The largest absolute Gasteiger partial charge is 0.307 e. The lowest BCUT2D eigenvalue weighted by Gasteiger charge is -2.22. The highest BCUT2D eigenvalue weighted by Gasteiger charge is 2.16. The molecular formula is C14H18FN. The first-order valence-electron chi connectivity index (χ1n) is 5.96. The molecule has 86 valence electrons. The first kappa shape index (κ1) is 11.3. The molecule has 0 radical (unpaired) electrons. The minimum Gasteiger partial charge on any atom is -0.307 e. The second kappa shape index (κ2) is 5.26. The molecule has 1 aliphatic rings. The van der Waals surface area contributed by atoms with Gasteiger partial charge in [0.05, 0.1) is 0 Å². The van der Waals surface area contributed by atoms with E-state index in [1.807, 2.05) is 12.1 Å². The van der Waals surface area contributed by atoms with Crippen molar-refractivity contribution in [2.24, 2.45) is 0 Å². The topological polar surface area (TPSA) is 12.0 Å². The Morgan fingerprint density at radius 3 is 2.44 bits per heavy atom. The summed E-state index contributed by atoms with van der Waals surface area (Å²) in [5.74, 6) is -0.166. The van der Waals surface area contributed by atoms with E-state index in [1.54, 1.807) is 0 Å². The highest BCUT2D eigenvalue weighted by Crippen LogP contribution is 2.20. The third kappa shape index (κ3) is 2.70. The van der Waals surface area contributed by atoms with Crippen LogP contribution in [0.25, 0.3) is 0 Å². The zero-order chi connectivity index (χ0) is 11.4. The maximum atomic E-state index is 12.8. The Labute approximate surface area is 96.4 Å². The number of hydrogen-bond donors (Lipinski definition) is 1. The Kier molecular flexibility index (Phi) is 3.73. The molecule has 0 saturated heterocycles. The Hall–Kier alpha value is -1.15. The van der Waals surface area contributed by atoms with E-state index in [9.17, 15) is 4.39 Å². The third-order valence-electron chi connectivity index (χ3n) is 3.13. The SMILES string of the molecule is CCC(NC1CC=CC1)c1ccc(F)cc1. The lowest BCUT2D eigenvalue weighted by Crippen LogP contribution is -2.30. The predicted molar refractivity (Wildman–Crippen MR) is 64.7 cm³/mol. The van der Waals surface area contributed by atoms with Gasteiger partial charge < -0.3 is 5.32 Å². The van der Waals surface area contributed by atoms with Crippen LogP contribution in [0.4, 0.5) is 4.39 Å². The van der Waals surface area contributed by atoms with Gasteiger partial charge in [0.1, 0.15) is 5.82 Å². The molecule has 1 aromatic carbocycles. The van der Waals surface area contributed by atoms with Crippen molar-refractivity contribution < 1.29 is 4.39 Å². The Bertz CT molecular complexity index is 348. The molecule has 0 heterocycles. The van der Waals surface area contributed by atoms with Crippen molar-refractivity contribution in [1.29, 1.82) is 0 Å². The average Bonchev–Trinajstić information content (AvgIpc) is 2.80. The van der Waals surface area contributed by atoms with Crippen molar-refractivity contribution >= 4 is 0 Å². The molecule has 0 aliphatic heterocycles. The molecule has 16 heavy (non-hydrogen) atoms. The Balaban J connectivity index is 2.01. The second-order valence-electron chi connectivity index (χ2n) is 4.32. The lowest BCUT2D eigenvalue weighted by atomic mass is 10.0. The number of hydrogen-bond acceptors (Lipinski definition) is 1. The van der Waals surface area contributed by atoms with Gasteiger partial charge in [-0.05, 0) is 37.0 Å². The zero-order valence-electron chi connectivity index (χ0n) is 9.62. The van der Waals surface area contributed by atoms with Gasteiger partial charge in [-0.1, -0.05) is 31.2 Å². The van der Waals surface area contributed by atoms with Crippen LogP contribution in [-0.4, -0.2) is 6.04 Å². The van der Waals surface area contributed by atoms with Gasteiger partial charge >= 0.3 is 0 Å². The van der Waals surface area contributed by atoms with Gasteiger partial charge in [-0.25, -0.2) is 4.39 Å². The predicted octanol–water partition coefficient (Wildman–Crippen LogP) is 3.59. The lowest BCUT2D eigenvalue weighted by molar-refractivity contribution is 0.438. The molecule has 1 N–H and O–H groups in total. The molecule has 0 spiro atoms. The maximum Gasteiger partial charge on any atom is 0.123 e. The molecule has 0 bridgehead atoms. The molecule has 0 aromatic heterocycles. The molecule has 0 amide bonds. The van der Waals surface area contributed by atoms with Gasteiger partial charge in [0.15, 0.2) is 0 Å². The van der Waals surface area contributed by atoms with Crippen LogP contribution >= 0.6 is 0 Å². The van der Waals surface area contributed by atoms with Crippen LogP contribution < -0.4 is 5.32 Å². The van der Waals surface area contributed by atoms with Gasteiger partial charge in [-0.3, -0.25) is 0 Å². The summed E-state index contributed by atoms with van der Waals surface area (Å²) in [6.07, 6.45) is 7.68. The average molecular weight is 219 g/mol. The number of rotatable bonds is 4. The molecule has 2 rings (SSSR count). The van der Waals surface area contributed by atoms with Crippen molar-refractivity contribution in [2.75, 3.05) is 0 Å². The fourth-order valence-electron chi connectivity index (χ4n) is 2.18. The number of benzene rings is 1. The van der Waals surface area contributed by atoms with Crippen molar-refractivity contribution in [2.45, 2.75) is 38.3 Å². The molecule has 1 aliphatic carbocycles. The van der Waals surface area contributed by atoms with Gasteiger partial charge in [0.25, 0.3) is 0 Å². The molecule has 0 saturated carbocycles. The fourth-order valence-corrected chi connectivity index (χ4v) is 2.18. The van der Waals surface area contributed by atoms with E-state index >= 15 is 0 Å². The van der Waals surface area contributed by atoms with E-state index in [1.165, 1.54) is 17.7 Å². The summed E-state index contributed by atoms with van der Waals surface area (Å²) in [4.78, 5) is 0. The summed E-state index contributed by atoms with van der Waals surface area (Å²) < 4.78 is 12.8. The van der Waals surface area contributed by atoms with E-state index in [4.69, 9.17) is 0 Å². The summed E-state index contributed by atoms with van der Waals surface area (Å²) in [5, 5.41) is 3.62. The van der Waals surface area contributed by atoms with E-state index < -0.39 is 0 Å². The fraction of sp³-hybridized carbons (Fsp3) is 0.429. The highest BCUT2D eigenvalue weighted by molar-refractivity contribution is 5.20. The van der Waals surface area contributed by atoms with Crippen LogP contribution in [0.3, 0.4) is 0 Å². The van der Waals surface area contributed by atoms with E-state index in [-0.39, 0.29) is 5.82 Å². The Morgan fingerprint density at radius 1 is 1.25 bits per heavy atom. The summed E-state index contributed by atoms with van der Waals surface area (Å²) in [6, 6.07) is 7.71. The Morgan fingerprint density at radius 2 is 1.88 bits per heavy atom. The molecule has 1 nitrogen and oxygen atoms in total. The summed E-state index contributed by atoms with van der Waals surface area (Å²) >= 11 is 0. The number of nitrogens with one attached hydrogen (secondary N) is 1. The third-order valence-corrected chi connectivity index (χ3v) is 3.13. The maximum absolute atomic E-state index is 12.8. The van der Waals surface area contributed by atoms with Crippen molar-refractivity contribution in [1.82, 2.24) is 5.32 Å². The zero-order valence-corrected chi connectivity index (χ0v) is 9.62. The number of halogens is 1. The van der Waals surface area contributed by atoms with E-state index in [0.29, 0.717) is 12.1 Å². The molecule has 1 atom stereocenters. The first-order valence-corrected chi connectivity index (χ1v) is 5.96. The van der Waals surface area contributed by atoms with E-state index in [2.05, 4.69) is 24.4 Å². The minimum absolute atomic E-state index is 0.166. The monoisotopic (exact) mass is 219 g/mol. The quantitative estimate of drug-likeness (QED) is 0.763. The second-order valence-corrected chi connectivity index (χ2v) is 4.32. The van der Waals surface area contributed by atoms with Crippen LogP contribution in [-0.2, 0) is 0 Å². The molecule has 2 heteroatoms. The molecule has 0 fully saturated rings. The van der Waals surface area contributed by atoms with Crippen LogP contribution in [0, 0.1) is 5.82 Å². The molecule has 1 aromatic rings. The van der Waals surface area contributed by atoms with Gasteiger partial charge in [0.2, 0.25) is 0 Å². The van der Waals surface area contributed by atoms with Crippen molar-refractivity contribution in [3.05, 3.63) is 47.8 Å². The highest BCUT2D eigenvalue weighted by atomic mass is 19.1.